The third-order valence-electron chi connectivity index (χ3n) is 0. The fraction of sp³-hybridized carbons (Fsp3) is 0. The number of halogens is 6. The molecule has 84 valence electrons. The Kier molecular flexibility index (Phi) is 1640. The van der Waals surface area contributed by atoms with Gasteiger partial charge in [-0.25, -0.2) is 0 Å². The van der Waals surface area contributed by atoms with Crippen molar-refractivity contribution in [3.8, 4) is 0 Å². The van der Waals surface area contributed by atoms with Gasteiger partial charge in [-0.15, -0.1) is 0 Å². The van der Waals surface area contributed by atoms with Crippen LogP contribution >= 0.6 is 0 Å². The molecule has 0 rings (SSSR count). The quantitative estimate of drug-likeness (QED) is 0.424. The van der Waals surface area contributed by atoms with Crippen molar-refractivity contribution in [3.63, 3.8) is 0 Å². The van der Waals surface area contributed by atoms with Crippen LogP contribution in [0.15, 0.2) is 0 Å². The predicted octanol–water partition coefficient (Wildman–Crippen LogP) is -0.977. The van der Waals surface area contributed by atoms with Crippen LogP contribution < -0.4 is 0 Å². The average Bonchev–Trinajstić information content (AvgIpc) is 1.39. The van der Waals surface area contributed by atoms with E-state index in [1.165, 1.54) is 0 Å². The minimum absolute atomic E-state index is 0. The molecule has 0 amide bonds. The molecule has 0 spiro atoms. The Hall–Kier alpha value is 0.269. The molecule has 12 heteroatoms. The Labute approximate surface area is 77.2 Å². The third kappa shape index (κ3) is 12200. The fourth-order valence-corrected chi connectivity index (χ4v) is 0. The normalized spacial score (nSPS) is 2.17. The zero-order valence-corrected chi connectivity index (χ0v) is 7.95. The second-order valence-corrected chi connectivity index (χ2v) is 0.753. The molecule has 12 heavy (non-hydrogen) atoms. The summed E-state index contributed by atoms with van der Waals surface area (Å²) in [6, 6.07) is 0. The first-order valence-corrected chi connectivity index (χ1v) is 3.35. The molecule has 0 aromatic carbocycles. The van der Waals surface area contributed by atoms with Crippen LogP contribution in [0.1, 0.15) is 0 Å². The standard InChI is InChI=1S/6FH.2H2O.2O.2V/h6*1H;2*1H2;;;;/q;;;;;;;;;;2*+1. The topological polar surface area (TPSA) is 79.9 Å². The molecule has 4 N–H and O–H groups in total. The van der Waals surface area contributed by atoms with E-state index >= 15 is 0 Å². The monoisotopic (exact) mass is 290 g/mol. The van der Waals surface area contributed by atoms with Gasteiger partial charge in [0.2, 0.25) is 0 Å². The molecule has 0 aliphatic carbocycles. The minimum atomic E-state index is -1.31. The molecule has 0 unspecified atom stereocenters. The van der Waals surface area contributed by atoms with E-state index < -0.39 is 33.2 Å². The van der Waals surface area contributed by atoms with Crippen molar-refractivity contribution >= 4 is 0 Å². The molecule has 0 aliphatic heterocycles. The van der Waals surface area contributed by atoms with Crippen LogP contribution in [-0.4, -0.2) is 8.06 Å². The molecular weight excluding hydrogens is 280 g/mol. The summed E-state index contributed by atoms with van der Waals surface area (Å²) in [4.78, 5) is 0. The van der Waals surface area contributed by atoms with E-state index in [0.717, 1.165) is 0 Å². The van der Waals surface area contributed by atoms with E-state index in [9.17, 15) is 0 Å². The van der Waals surface area contributed by atoms with Gasteiger partial charge in [-0.05, 0) is 0 Å². The van der Waals surface area contributed by atoms with E-state index in [0.29, 0.717) is 0 Å². The van der Waals surface area contributed by atoms with Crippen molar-refractivity contribution in [2.24, 2.45) is 0 Å². The number of hydrogen-bond donors (Lipinski definition) is 0. The van der Waals surface area contributed by atoms with Crippen molar-refractivity contribution in [1.82, 2.24) is 0 Å². The fourth-order valence-electron chi connectivity index (χ4n) is 0. The third-order valence-corrected chi connectivity index (χ3v) is 0. The molecular formula is H10F6O4V2+2. The van der Waals surface area contributed by atoms with Gasteiger partial charge >= 0.3 is 48.6 Å². The zero-order chi connectivity index (χ0) is 5.41. The van der Waals surface area contributed by atoms with Crippen LogP contribution in [0.25, 0.3) is 0 Å². The van der Waals surface area contributed by atoms with Crippen LogP contribution in [0, 0.1) is 0 Å². The van der Waals surface area contributed by atoms with E-state index in [-0.39, 0.29) is 28.2 Å². The molecule has 0 fully saturated rings. The SMILES string of the molecule is F.F.F.F.F.F.[O]=[V][OH2+].[O]=[V][OH2+]. The van der Waals surface area contributed by atoms with Crippen molar-refractivity contribution in [2.45, 2.75) is 0 Å². The Bertz CT molecular complexity index is 38.5. The van der Waals surface area contributed by atoms with E-state index in [1.807, 2.05) is 0 Å². The molecule has 0 heterocycles. The predicted molar refractivity (Wildman–Crippen MR) is 23.6 cm³/mol. The second-order valence-electron chi connectivity index (χ2n) is 0.183. The van der Waals surface area contributed by atoms with Gasteiger partial charge in [-0.3, -0.25) is 28.2 Å². The van der Waals surface area contributed by atoms with Crippen molar-refractivity contribution in [1.29, 1.82) is 0 Å². The summed E-state index contributed by atoms with van der Waals surface area (Å²) in [7, 11) is 0. The summed E-state index contributed by atoms with van der Waals surface area (Å²) in [5.74, 6) is 0. The molecule has 0 radical (unpaired) electrons. The van der Waals surface area contributed by atoms with Crippen LogP contribution in [0.4, 0.5) is 28.2 Å². The molecule has 0 saturated heterocycles. The van der Waals surface area contributed by atoms with Crippen molar-refractivity contribution in [3.05, 3.63) is 0 Å². The first-order chi connectivity index (χ1) is 2.83. The Morgan fingerprint density at radius 3 is 0.583 bits per heavy atom. The average molecular weight is 290 g/mol. The summed E-state index contributed by atoms with van der Waals surface area (Å²) >= 11 is -2.62. The van der Waals surface area contributed by atoms with Gasteiger partial charge < -0.3 is 0 Å². The van der Waals surface area contributed by atoms with Gasteiger partial charge in [-0.1, -0.05) is 0 Å². The maximum absolute atomic E-state index is 8.69. The summed E-state index contributed by atoms with van der Waals surface area (Å²) in [5.41, 5.74) is 0. The van der Waals surface area contributed by atoms with Crippen LogP contribution in [-0.2, 0) is 40.5 Å². The van der Waals surface area contributed by atoms with E-state index in [2.05, 4.69) is 0 Å². The van der Waals surface area contributed by atoms with E-state index in [1.54, 1.807) is 0 Å². The van der Waals surface area contributed by atoms with Gasteiger partial charge in [0.1, 0.15) is 0 Å². The van der Waals surface area contributed by atoms with Crippen LogP contribution in [0.3, 0.4) is 0 Å². The maximum atomic E-state index is 8.69. The number of rotatable bonds is 0. The summed E-state index contributed by atoms with van der Waals surface area (Å²) in [6.07, 6.45) is 0. The van der Waals surface area contributed by atoms with Gasteiger partial charge in [0.25, 0.3) is 0 Å². The first-order valence-electron chi connectivity index (χ1n) is 0.812. The molecule has 0 aliphatic rings. The van der Waals surface area contributed by atoms with Gasteiger partial charge in [0.15, 0.2) is 0 Å². The Balaban J connectivity index is -0.00000000296. The molecule has 0 aromatic heterocycles. The molecule has 0 atom stereocenters. The van der Waals surface area contributed by atoms with Crippen molar-refractivity contribution < 1.29 is 76.8 Å². The van der Waals surface area contributed by atoms with E-state index in [4.69, 9.17) is 15.4 Å². The summed E-state index contributed by atoms with van der Waals surface area (Å²) in [5, 5.41) is 0. The Morgan fingerprint density at radius 2 is 0.583 bits per heavy atom. The van der Waals surface area contributed by atoms with Gasteiger partial charge in [-0.2, -0.15) is 0 Å². The molecule has 0 aromatic rings. The summed E-state index contributed by atoms with van der Waals surface area (Å²) < 4.78 is 28.9. The van der Waals surface area contributed by atoms with Crippen molar-refractivity contribution in [2.75, 3.05) is 0 Å². The Morgan fingerprint density at radius 1 is 0.583 bits per heavy atom. The molecule has 4 nitrogen and oxygen atoms in total. The second kappa shape index (κ2) is 231. The molecule has 0 bridgehead atoms. The van der Waals surface area contributed by atoms with Crippen LogP contribution in [0.5, 0.6) is 0 Å². The number of hydrogen-bond acceptors (Lipinski definition) is 2. The van der Waals surface area contributed by atoms with Gasteiger partial charge in [0, 0.05) is 0 Å². The zero-order valence-electron chi connectivity index (χ0n) is 5.16. The first kappa shape index (κ1) is 85.5. The molecule has 0 saturated carbocycles. The van der Waals surface area contributed by atoms with Gasteiger partial charge in [0.05, 0.1) is 0 Å². The summed E-state index contributed by atoms with van der Waals surface area (Å²) in [6.45, 7) is 0. The van der Waals surface area contributed by atoms with Crippen LogP contribution in [0.2, 0.25) is 0 Å².